The molecule has 0 heterocycles. The first-order valence-electron chi connectivity index (χ1n) is 7.31. The van der Waals surface area contributed by atoms with Crippen LogP contribution in [0, 0.1) is 0 Å². The van der Waals surface area contributed by atoms with E-state index < -0.39 is 0 Å². The molecule has 3 heteroatoms. The molecule has 2 rings (SSSR count). The van der Waals surface area contributed by atoms with Crippen molar-refractivity contribution in [1.82, 2.24) is 0 Å². The second-order valence-corrected chi connectivity index (χ2v) is 4.76. The Balaban J connectivity index is 1.78. The fourth-order valence-electron chi connectivity index (χ4n) is 2.50. The monoisotopic (exact) mass is 264 g/mol. The summed E-state index contributed by atoms with van der Waals surface area (Å²) in [4.78, 5) is 0. The van der Waals surface area contributed by atoms with Gasteiger partial charge in [0.2, 0.25) is 0 Å². The molecule has 1 aliphatic rings. The van der Waals surface area contributed by atoms with E-state index in [2.05, 4.69) is 18.2 Å². The van der Waals surface area contributed by atoms with Crippen LogP contribution in [0.2, 0.25) is 0 Å². The van der Waals surface area contributed by atoms with Crippen LogP contribution in [-0.2, 0) is 22.3 Å². The number of hydrogen-bond donors (Lipinski definition) is 0. The molecule has 0 N–H and O–H groups in total. The van der Waals surface area contributed by atoms with E-state index in [4.69, 9.17) is 14.2 Å². The van der Waals surface area contributed by atoms with E-state index in [1.807, 2.05) is 13.8 Å². The lowest BCUT2D eigenvalue weighted by atomic mass is 10.1. The van der Waals surface area contributed by atoms with Crippen molar-refractivity contribution in [2.75, 3.05) is 19.8 Å². The maximum absolute atomic E-state index is 5.79. The van der Waals surface area contributed by atoms with Crippen molar-refractivity contribution in [3.05, 3.63) is 29.3 Å². The molecule has 3 nitrogen and oxygen atoms in total. The summed E-state index contributed by atoms with van der Waals surface area (Å²) >= 11 is 0. The smallest absolute Gasteiger partial charge is 0.160 e. The molecule has 0 aromatic heterocycles. The Bertz CT molecular complexity index is 384. The predicted molar refractivity (Wildman–Crippen MR) is 75.6 cm³/mol. The molecule has 0 spiro atoms. The van der Waals surface area contributed by atoms with Gasteiger partial charge in [-0.1, -0.05) is 6.07 Å². The lowest BCUT2D eigenvalue weighted by Crippen LogP contribution is -2.20. The molecule has 0 bridgehead atoms. The van der Waals surface area contributed by atoms with Crippen molar-refractivity contribution in [3.8, 4) is 5.75 Å². The zero-order chi connectivity index (χ0) is 13.5. The lowest BCUT2D eigenvalue weighted by Gasteiger charge is -2.17. The van der Waals surface area contributed by atoms with Crippen molar-refractivity contribution in [2.45, 2.75) is 45.8 Å². The normalized spacial score (nSPS) is 13.8. The van der Waals surface area contributed by atoms with E-state index in [9.17, 15) is 0 Å². The minimum Gasteiger partial charge on any atom is -0.493 e. The highest BCUT2D eigenvalue weighted by Gasteiger charge is 2.12. The first-order chi connectivity index (χ1) is 9.33. The van der Waals surface area contributed by atoms with E-state index in [0.717, 1.165) is 12.2 Å². The van der Waals surface area contributed by atoms with Crippen molar-refractivity contribution in [1.29, 1.82) is 0 Å². The predicted octanol–water partition coefficient (Wildman–Crippen LogP) is 3.34. The lowest BCUT2D eigenvalue weighted by molar-refractivity contribution is -0.142. The van der Waals surface area contributed by atoms with Crippen LogP contribution < -0.4 is 4.74 Å². The van der Waals surface area contributed by atoms with E-state index in [1.165, 1.54) is 30.4 Å². The summed E-state index contributed by atoms with van der Waals surface area (Å²) in [6.45, 7) is 5.93. The molecule has 0 radical (unpaired) electrons. The topological polar surface area (TPSA) is 27.7 Å². The highest BCUT2D eigenvalue weighted by Crippen LogP contribution is 2.26. The summed E-state index contributed by atoms with van der Waals surface area (Å²) in [5.41, 5.74) is 2.93. The van der Waals surface area contributed by atoms with E-state index in [0.29, 0.717) is 19.8 Å². The Hall–Kier alpha value is -1.06. The highest BCUT2D eigenvalue weighted by atomic mass is 16.7. The van der Waals surface area contributed by atoms with Crippen LogP contribution in [0.15, 0.2) is 18.2 Å². The zero-order valence-corrected chi connectivity index (χ0v) is 12.0. The van der Waals surface area contributed by atoms with Gasteiger partial charge in [-0.05, 0) is 56.4 Å². The van der Waals surface area contributed by atoms with E-state index in [-0.39, 0.29) is 6.29 Å². The quantitative estimate of drug-likeness (QED) is 0.674. The number of fused-ring (bicyclic) bond motifs is 1. The first-order valence-corrected chi connectivity index (χ1v) is 7.31. The Morgan fingerprint density at radius 3 is 2.53 bits per heavy atom. The molecule has 0 fully saturated rings. The molecule has 0 atom stereocenters. The molecule has 0 amide bonds. The molecule has 0 saturated heterocycles. The van der Waals surface area contributed by atoms with Crippen LogP contribution in [0.3, 0.4) is 0 Å². The summed E-state index contributed by atoms with van der Waals surface area (Å²) in [6.07, 6.45) is 4.29. The van der Waals surface area contributed by atoms with Gasteiger partial charge in [-0.2, -0.15) is 0 Å². The molecule has 0 unspecified atom stereocenters. The average molecular weight is 264 g/mol. The molecule has 0 saturated carbocycles. The number of hydrogen-bond acceptors (Lipinski definition) is 3. The van der Waals surface area contributed by atoms with Gasteiger partial charge in [0.15, 0.2) is 6.29 Å². The van der Waals surface area contributed by atoms with Gasteiger partial charge in [-0.3, -0.25) is 0 Å². The Labute approximate surface area is 115 Å². The van der Waals surface area contributed by atoms with Crippen LogP contribution in [0.25, 0.3) is 0 Å². The first kappa shape index (κ1) is 14.4. The molecule has 106 valence electrons. The second kappa shape index (κ2) is 7.51. The van der Waals surface area contributed by atoms with Crippen LogP contribution in [0.4, 0.5) is 0 Å². The summed E-state index contributed by atoms with van der Waals surface area (Å²) in [5.74, 6) is 0.965. The van der Waals surface area contributed by atoms with Gasteiger partial charge in [0.05, 0.1) is 6.61 Å². The number of benzene rings is 1. The van der Waals surface area contributed by atoms with Gasteiger partial charge < -0.3 is 14.2 Å². The van der Waals surface area contributed by atoms with E-state index >= 15 is 0 Å². The number of aryl methyl sites for hydroxylation is 2. The maximum Gasteiger partial charge on any atom is 0.160 e. The van der Waals surface area contributed by atoms with Gasteiger partial charge in [0, 0.05) is 19.6 Å². The Kier molecular flexibility index (Phi) is 5.67. The van der Waals surface area contributed by atoms with Crippen molar-refractivity contribution < 1.29 is 14.2 Å². The molecular formula is C16H24O3. The summed E-state index contributed by atoms with van der Waals surface area (Å²) in [5, 5.41) is 0. The molecule has 1 aromatic carbocycles. The van der Waals surface area contributed by atoms with Crippen molar-refractivity contribution in [2.24, 2.45) is 0 Å². The summed E-state index contributed by atoms with van der Waals surface area (Å²) in [7, 11) is 0. The molecule has 0 aliphatic heterocycles. The largest absolute Gasteiger partial charge is 0.493 e. The Morgan fingerprint density at radius 2 is 1.79 bits per heavy atom. The van der Waals surface area contributed by atoms with Crippen LogP contribution in [-0.4, -0.2) is 26.1 Å². The molecule has 19 heavy (non-hydrogen) atoms. The highest BCUT2D eigenvalue weighted by molar-refractivity contribution is 5.38. The second-order valence-electron chi connectivity index (χ2n) is 4.76. The standard InChI is InChI=1S/C16H24O3/c1-3-17-16(18-4-2)10-11-19-15-9-8-13-6-5-7-14(13)12-15/h8-9,12,16H,3-7,10-11H2,1-2H3. The third-order valence-corrected chi connectivity index (χ3v) is 3.40. The maximum atomic E-state index is 5.79. The van der Waals surface area contributed by atoms with Gasteiger partial charge in [-0.15, -0.1) is 0 Å². The summed E-state index contributed by atoms with van der Waals surface area (Å²) in [6, 6.07) is 6.44. The third kappa shape index (κ3) is 4.22. The minimum atomic E-state index is -0.149. The number of ether oxygens (including phenoxy) is 3. The van der Waals surface area contributed by atoms with Crippen molar-refractivity contribution >= 4 is 0 Å². The zero-order valence-electron chi connectivity index (χ0n) is 12.0. The molecular weight excluding hydrogens is 240 g/mol. The summed E-state index contributed by atoms with van der Waals surface area (Å²) < 4.78 is 16.8. The van der Waals surface area contributed by atoms with E-state index in [1.54, 1.807) is 0 Å². The van der Waals surface area contributed by atoms with Gasteiger partial charge in [0.1, 0.15) is 5.75 Å². The fraction of sp³-hybridized carbons (Fsp3) is 0.625. The Morgan fingerprint density at radius 1 is 1.05 bits per heavy atom. The van der Waals surface area contributed by atoms with Crippen molar-refractivity contribution in [3.63, 3.8) is 0 Å². The van der Waals surface area contributed by atoms with Crippen LogP contribution in [0.1, 0.15) is 37.8 Å². The SMILES string of the molecule is CCOC(CCOc1ccc2c(c1)CCC2)OCC. The fourth-order valence-corrected chi connectivity index (χ4v) is 2.50. The van der Waals surface area contributed by atoms with Gasteiger partial charge >= 0.3 is 0 Å². The number of rotatable bonds is 8. The molecule has 1 aromatic rings. The third-order valence-electron chi connectivity index (χ3n) is 3.40. The van der Waals surface area contributed by atoms with Gasteiger partial charge in [-0.25, -0.2) is 0 Å². The van der Waals surface area contributed by atoms with Crippen LogP contribution in [0.5, 0.6) is 5.75 Å². The van der Waals surface area contributed by atoms with Crippen LogP contribution >= 0.6 is 0 Å². The minimum absolute atomic E-state index is 0.149. The molecule has 1 aliphatic carbocycles. The van der Waals surface area contributed by atoms with Gasteiger partial charge in [0.25, 0.3) is 0 Å². The average Bonchev–Trinajstić information content (AvgIpc) is 2.86.